The minimum absolute atomic E-state index is 0.0985. The summed E-state index contributed by atoms with van der Waals surface area (Å²) >= 11 is 0. The lowest BCUT2D eigenvalue weighted by Gasteiger charge is -2.40. The van der Waals surface area contributed by atoms with Gasteiger partial charge in [0.15, 0.2) is 29.3 Å². The van der Waals surface area contributed by atoms with Crippen molar-refractivity contribution in [2.24, 2.45) is 11.8 Å². The number of methoxy groups -OCH3 is 2. The zero-order valence-electron chi connectivity index (χ0n) is 26.4. The number of aliphatic hydroxyl groups is 7. The van der Waals surface area contributed by atoms with Gasteiger partial charge in [0.1, 0.15) is 42.7 Å². The summed E-state index contributed by atoms with van der Waals surface area (Å²) in [5.41, 5.74) is 1.34. The van der Waals surface area contributed by atoms with Crippen LogP contribution < -0.4 is 9.47 Å². The van der Waals surface area contributed by atoms with Crippen LogP contribution in [0.4, 0.5) is 0 Å². The number of Topliss-reactive ketones (excluding diaryl/α,β-unsaturated/α-hetero) is 1. The molecule has 4 rings (SSSR count). The smallest absolute Gasteiger partial charge is 0.221 e. The van der Waals surface area contributed by atoms with Crippen molar-refractivity contribution in [3.63, 3.8) is 0 Å². The first-order chi connectivity index (χ1) is 22.9. The number of aromatic hydroxyl groups is 2. The molecule has 0 unspecified atom stereocenters. The number of hydrogen-bond acceptors (Lipinski definition) is 16. The van der Waals surface area contributed by atoms with Gasteiger partial charge >= 0.3 is 0 Å². The first kappa shape index (κ1) is 37.7. The fraction of sp³-hybridized carbons (Fsp3) is 0.594. The van der Waals surface area contributed by atoms with E-state index in [0.29, 0.717) is 11.1 Å². The number of phenols is 2. The van der Waals surface area contributed by atoms with Gasteiger partial charge in [0, 0.05) is 0 Å². The maximum Gasteiger partial charge on any atom is 0.221 e. The maximum atomic E-state index is 12.8. The van der Waals surface area contributed by atoms with Crippen LogP contribution in [0.5, 0.6) is 23.0 Å². The fourth-order valence-electron chi connectivity index (χ4n) is 5.75. The molecule has 2 saturated heterocycles. The molecule has 0 spiro atoms. The number of carbonyl (C=O) groups excluding carboxylic acids is 1. The van der Waals surface area contributed by atoms with Gasteiger partial charge in [0.05, 0.1) is 40.6 Å². The number of benzene rings is 2. The SMILES string of the molecule is COc1cc(C[C@@H](CO[C@@H]2O[C@H](CO)[C@@H](O)[C@H](O)C2=O)[C@H](CO[C@@H]2O[C@H](CO)[C@@H](O)[C@H](O)[C@H]2O)Cc2ccc(O)c(OC)c2)ccc1O. The molecule has 16 nitrogen and oxygen atoms in total. The molecule has 0 bridgehead atoms. The second kappa shape index (κ2) is 17.0. The molecule has 268 valence electrons. The molecule has 0 amide bonds. The van der Waals surface area contributed by atoms with E-state index in [1.165, 1.54) is 26.4 Å². The molecule has 48 heavy (non-hydrogen) atoms. The van der Waals surface area contributed by atoms with Crippen molar-refractivity contribution in [3.05, 3.63) is 47.5 Å². The molecule has 2 fully saturated rings. The van der Waals surface area contributed by atoms with Crippen LogP contribution in [0, 0.1) is 11.8 Å². The third-order valence-electron chi connectivity index (χ3n) is 8.64. The minimum Gasteiger partial charge on any atom is -0.504 e. The molecule has 0 aliphatic carbocycles. The van der Waals surface area contributed by atoms with Crippen molar-refractivity contribution < 1.29 is 79.2 Å². The number of carbonyl (C=O) groups is 1. The van der Waals surface area contributed by atoms with Gasteiger partial charge in [-0.05, 0) is 60.1 Å². The van der Waals surface area contributed by atoms with E-state index in [-0.39, 0.29) is 49.1 Å². The predicted octanol–water partition coefficient (Wildman–Crippen LogP) is -2.03. The van der Waals surface area contributed by atoms with E-state index < -0.39 is 86.1 Å². The van der Waals surface area contributed by atoms with Crippen molar-refractivity contribution in [2.45, 2.75) is 68.1 Å². The fourth-order valence-corrected chi connectivity index (χ4v) is 5.75. The summed E-state index contributed by atoms with van der Waals surface area (Å²) in [6.07, 6.45) is -13.7. The number of phenolic OH excluding ortho intramolecular Hbond substituents is 2. The number of rotatable bonds is 15. The second-order valence-electron chi connectivity index (χ2n) is 11.8. The highest BCUT2D eigenvalue weighted by Gasteiger charge is 2.46. The van der Waals surface area contributed by atoms with Crippen LogP contribution in [0.3, 0.4) is 0 Å². The average molecular weight is 685 g/mol. The first-order valence-corrected chi connectivity index (χ1v) is 15.3. The van der Waals surface area contributed by atoms with Crippen molar-refractivity contribution in [3.8, 4) is 23.0 Å². The van der Waals surface area contributed by atoms with Gasteiger partial charge in [0.2, 0.25) is 12.1 Å². The highest BCUT2D eigenvalue weighted by Crippen LogP contribution is 2.33. The normalized spacial score (nSPS) is 30.5. The molecule has 2 aromatic carbocycles. The summed E-state index contributed by atoms with van der Waals surface area (Å²) in [5, 5.41) is 91.0. The Morgan fingerprint density at radius 1 is 0.688 bits per heavy atom. The molecular weight excluding hydrogens is 640 g/mol. The molecule has 2 heterocycles. The predicted molar refractivity (Wildman–Crippen MR) is 162 cm³/mol. The van der Waals surface area contributed by atoms with Gasteiger partial charge in [-0.1, -0.05) is 12.1 Å². The molecule has 2 aromatic rings. The standard InChI is InChI=1S/C32H44O16/c1-43-21-9-15(3-5-19(21)35)7-17(13-45-31-29(41)27(39)25(37)23(11-33)47-31)18(8-16-4-6-20(36)22(10-16)44-2)14-46-32-30(42)28(40)26(38)24(12-34)48-32/h3-6,9-10,17-18,23-29,31-41H,7-8,11-14H2,1-2H3/t17-,18-,23+,24+,25+,26+,27-,28-,29+,31+,32+/m0/s1. The summed E-state index contributed by atoms with van der Waals surface area (Å²) in [6, 6.07) is 9.39. The Labute approximate surface area is 276 Å². The van der Waals surface area contributed by atoms with Crippen molar-refractivity contribution >= 4 is 5.78 Å². The van der Waals surface area contributed by atoms with Crippen LogP contribution in [0.1, 0.15) is 11.1 Å². The molecule has 2 aliphatic rings. The topological polar surface area (TPSA) is 255 Å². The zero-order valence-corrected chi connectivity index (χ0v) is 26.4. The molecule has 11 atom stereocenters. The number of hydrogen-bond donors (Lipinski definition) is 9. The number of aliphatic hydroxyl groups excluding tert-OH is 7. The van der Waals surface area contributed by atoms with Crippen molar-refractivity contribution in [1.82, 2.24) is 0 Å². The Morgan fingerprint density at radius 3 is 1.69 bits per heavy atom. The van der Waals surface area contributed by atoms with Crippen LogP contribution in [0.25, 0.3) is 0 Å². The van der Waals surface area contributed by atoms with Crippen LogP contribution in [0.15, 0.2) is 36.4 Å². The number of ketones is 1. The summed E-state index contributed by atoms with van der Waals surface area (Å²) in [6.45, 7) is -1.76. The first-order valence-electron chi connectivity index (χ1n) is 15.3. The van der Waals surface area contributed by atoms with E-state index >= 15 is 0 Å². The maximum absolute atomic E-state index is 12.8. The van der Waals surface area contributed by atoms with Crippen LogP contribution in [-0.4, -0.2) is 148 Å². The third-order valence-corrected chi connectivity index (χ3v) is 8.64. The van der Waals surface area contributed by atoms with E-state index in [9.17, 15) is 50.8 Å². The Morgan fingerprint density at radius 2 is 1.19 bits per heavy atom. The van der Waals surface area contributed by atoms with E-state index in [1.54, 1.807) is 24.3 Å². The van der Waals surface area contributed by atoms with Crippen LogP contribution >= 0.6 is 0 Å². The van der Waals surface area contributed by atoms with E-state index in [1.807, 2.05) is 0 Å². The lowest BCUT2D eigenvalue weighted by atomic mass is 9.83. The average Bonchev–Trinajstić information content (AvgIpc) is 3.09. The monoisotopic (exact) mass is 684 g/mol. The van der Waals surface area contributed by atoms with Gasteiger partial charge in [-0.25, -0.2) is 0 Å². The van der Waals surface area contributed by atoms with Gasteiger partial charge in [-0.15, -0.1) is 0 Å². The minimum atomic E-state index is -1.87. The second-order valence-corrected chi connectivity index (χ2v) is 11.8. The molecule has 16 heteroatoms. The molecule has 9 N–H and O–H groups in total. The Hall–Kier alpha value is -3.13. The van der Waals surface area contributed by atoms with E-state index in [2.05, 4.69) is 0 Å². The largest absolute Gasteiger partial charge is 0.504 e. The van der Waals surface area contributed by atoms with E-state index in [0.717, 1.165) is 0 Å². The molecule has 0 saturated carbocycles. The Balaban J connectivity index is 1.67. The van der Waals surface area contributed by atoms with Crippen molar-refractivity contribution in [2.75, 3.05) is 40.6 Å². The third kappa shape index (κ3) is 8.71. The molecule has 0 radical (unpaired) electrons. The molecule has 0 aromatic heterocycles. The molecule has 2 aliphatic heterocycles. The van der Waals surface area contributed by atoms with Gasteiger partial charge in [-0.2, -0.15) is 0 Å². The Kier molecular flexibility index (Phi) is 13.3. The summed E-state index contributed by atoms with van der Waals surface area (Å²) in [7, 11) is 2.78. The van der Waals surface area contributed by atoms with E-state index in [4.69, 9.17) is 28.4 Å². The Bertz CT molecular complexity index is 1340. The summed E-state index contributed by atoms with van der Waals surface area (Å²) in [4.78, 5) is 12.8. The summed E-state index contributed by atoms with van der Waals surface area (Å²) in [5.74, 6) is -1.92. The van der Waals surface area contributed by atoms with Crippen molar-refractivity contribution in [1.29, 1.82) is 0 Å². The lowest BCUT2D eigenvalue weighted by Crippen LogP contribution is -2.59. The van der Waals surface area contributed by atoms with Gasteiger partial charge in [0.25, 0.3) is 0 Å². The highest BCUT2D eigenvalue weighted by atomic mass is 16.7. The van der Waals surface area contributed by atoms with Gasteiger partial charge in [-0.3, -0.25) is 4.79 Å². The van der Waals surface area contributed by atoms with Crippen LogP contribution in [0.2, 0.25) is 0 Å². The zero-order chi connectivity index (χ0) is 35.1. The van der Waals surface area contributed by atoms with Crippen LogP contribution in [-0.2, 0) is 36.6 Å². The molecular formula is C32H44O16. The van der Waals surface area contributed by atoms with Gasteiger partial charge < -0.3 is 74.4 Å². The lowest BCUT2D eigenvalue weighted by molar-refractivity contribution is -0.304. The number of ether oxygens (including phenoxy) is 6. The summed E-state index contributed by atoms with van der Waals surface area (Å²) < 4.78 is 33.4. The quantitative estimate of drug-likeness (QED) is 0.0981. The highest BCUT2D eigenvalue weighted by molar-refractivity contribution is 5.87.